The van der Waals surface area contributed by atoms with E-state index >= 15 is 0 Å². The van der Waals surface area contributed by atoms with E-state index in [9.17, 15) is 23.2 Å². The van der Waals surface area contributed by atoms with E-state index in [2.05, 4.69) is 11.8 Å². The number of nitrogens with zero attached hydrogens (tertiary/aromatic N) is 3. The third kappa shape index (κ3) is 6.41. The van der Waals surface area contributed by atoms with E-state index in [0.717, 1.165) is 24.3 Å². The average Bonchev–Trinajstić information content (AvgIpc) is 2.89. The van der Waals surface area contributed by atoms with E-state index in [4.69, 9.17) is 9.47 Å². The molecular formula is C23H37ClN4O7S. The van der Waals surface area contributed by atoms with Crippen molar-refractivity contribution >= 4 is 39.9 Å². The Kier molecular flexibility index (Phi) is 11.2. The number of hydrogen-bond donors (Lipinski definition) is 2. The van der Waals surface area contributed by atoms with Crippen molar-refractivity contribution in [1.82, 2.24) is 14.7 Å². The van der Waals surface area contributed by atoms with Crippen LogP contribution in [0.5, 0.6) is 5.75 Å². The van der Waals surface area contributed by atoms with Crippen LogP contribution in [0, 0.1) is 0 Å². The van der Waals surface area contributed by atoms with Crippen LogP contribution < -0.4 is 15.1 Å². The summed E-state index contributed by atoms with van der Waals surface area (Å²) in [6.07, 6.45) is 1.86. The minimum absolute atomic E-state index is 0. The molecule has 0 atom stereocenters. The lowest BCUT2D eigenvalue weighted by Gasteiger charge is -2.44. The van der Waals surface area contributed by atoms with E-state index in [-0.39, 0.29) is 63.9 Å². The first-order valence-electron chi connectivity index (χ1n) is 12.0. The van der Waals surface area contributed by atoms with Gasteiger partial charge in [0.25, 0.3) is 5.91 Å². The highest BCUT2D eigenvalue weighted by Gasteiger charge is 2.55. The highest BCUT2D eigenvalue weighted by Crippen LogP contribution is 2.35. The predicted molar refractivity (Wildman–Crippen MR) is 137 cm³/mol. The highest BCUT2D eigenvalue weighted by molar-refractivity contribution is 7.91. The minimum atomic E-state index is -4.10. The van der Waals surface area contributed by atoms with Crippen LogP contribution in [0.2, 0.25) is 0 Å². The number of piperidine rings is 1. The van der Waals surface area contributed by atoms with E-state index in [1.165, 1.54) is 16.3 Å². The van der Waals surface area contributed by atoms with Crippen LogP contribution in [0.3, 0.4) is 0 Å². The lowest BCUT2D eigenvalue weighted by molar-refractivity contribution is -0.140. The number of sulfonamides is 1. The summed E-state index contributed by atoms with van der Waals surface area (Å²) in [7, 11) is -2.69. The number of likely N-dealkylation sites (tertiary alicyclic amines) is 1. The van der Waals surface area contributed by atoms with Gasteiger partial charge >= 0.3 is 0 Å². The molecule has 2 fully saturated rings. The Labute approximate surface area is 219 Å². The Hall–Kier alpha value is -2.12. The van der Waals surface area contributed by atoms with Gasteiger partial charge in [-0.2, -0.15) is 4.31 Å². The molecule has 13 heteroatoms. The van der Waals surface area contributed by atoms with E-state index < -0.39 is 20.7 Å². The van der Waals surface area contributed by atoms with Gasteiger partial charge in [-0.15, -0.1) is 12.4 Å². The fourth-order valence-corrected chi connectivity index (χ4v) is 6.67. The standard InChI is InChI=1S/C23H36N4O7S.ClH/c1-3-4-17-34-20-7-5-19(6-8-20)25-13-15-27(16-14-25)35(31,32)23(22(29)24-30)9-11-26(12-10-23)21(28)18-33-2;/h5-8,30H,3-4,9-18H2,1-2H3,(H,24,29);1H. The van der Waals surface area contributed by atoms with Crippen molar-refractivity contribution in [1.29, 1.82) is 0 Å². The van der Waals surface area contributed by atoms with Crippen LogP contribution in [0.1, 0.15) is 32.6 Å². The minimum Gasteiger partial charge on any atom is -0.494 e. The molecule has 2 aliphatic heterocycles. The summed E-state index contributed by atoms with van der Waals surface area (Å²) in [5.41, 5.74) is 2.52. The summed E-state index contributed by atoms with van der Waals surface area (Å²) in [5.74, 6) is -0.425. The molecule has 0 spiro atoms. The smallest absolute Gasteiger partial charge is 0.266 e. The maximum absolute atomic E-state index is 13.7. The van der Waals surface area contributed by atoms with Gasteiger partial charge in [-0.25, -0.2) is 13.9 Å². The van der Waals surface area contributed by atoms with Crippen molar-refractivity contribution in [3.05, 3.63) is 24.3 Å². The third-order valence-electron chi connectivity index (χ3n) is 6.75. The van der Waals surface area contributed by atoms with Crippen molar-refractivity contribution in [2.24, 2.45) is 0 Å². The van der Waals surface area contributed by atoms with E-state index in [1.54, 1.807) is 5.48 Å². The van der Waals surface area contributed by atoms with E-state index in [1.807, 2.05) is 24.3 Å². The molecule has 2 amide bonds. The number of hydroxylamine groups is 1. The van der Waals surface area contributed by atoms with Crippen molar-refractivity contribution in [2.45, 2.75) is 37.4 Å². The van der Waals surface area contributed by atoms with Crippen LogP contribution in [0.25, 0.3) is 0 Å². The van der Waals surface area contributed by atoms with Gasteiger partial charge in [-0.1, -0.05) is 13.3 Å². The molecule has 1 aromatic rings. The number of nitrogens with one attached hydrogen (secondary N) is 1. The molecule has 0 saturated carbocycles. The molecule has 36 heavy (non-hydrogen) atoms. The topological polar surface area (TPSA) is 129 Å². The number of methoxy groups -OCH3 is 1. The molecule has 0 bridgehead atoms. The predicted octanol–water partition coefficient (Wildman–Crippen LogP) is 1.25. The monoisotopic (exact) mass is 548 g/mol. The number of halogens is 1. The first-order valence-corrected chi connectivity index (χ1v) is 13.4. The summed E-state index contributed by atoms with van der Waals surface area (Å²) < 4.78 is 37.4. The van der Waals surface area contributed by atoms with Crippen LogP contribution in [-0.4, -0.2) is 99.0 Å². The van der Waals surface area contributed by atoms with Gasteiger partial charge in [-0.3, -0.25) is 14.8 Å². The van der Waals surface area contributed by atoms with Crippen molar-refractivity contribution in [2.75, 3.05) is 64.5 Å². The molecule has 0 radical (unpaired) electrons. The molecule has 2 saturated heterocycles. The lowest BCUT2D eigenvalue weighted by atomic mass is 9.95. The molecule has 0 aliphatic carbocycles. The van der Waals surface area contributed by atoms with Crippen molar-refractivity contribution < 1.29 is 32.7 Å². The van der Waals surface area contributed by atoms with Crippen LogP contribution in [0.15, 0.2) is 24.3 Å². The second kappa shape index (κ2) is 13.4. The molecule has 1 aromatic carbocycles. The average molecular weight is 549 g/mol. The normalized spacial score (nSPS) is 18.3. The van der Waals surface area contributed by atoms with E-state index in [0.29, 0.717) is 19.7 Å². The quantitative estimate of drug-likeness (QED) is 0.254. The Morgan fingerprint density at radius 1 is 1.06 bits per heavy atom. The number of unbranched alkanes of at least 4 members (excludes halogenated alkanes) is 1. The Bertz CT molecular complexity index is 961. The number of anilines is 1. The number of carbonyl (C=O) groups is 2. The highest BCUT2D eigenvalue weighted by atomic mass is 35.5. The number of hydrogen-bond acceptors (Lipinski definition) is 8. The zero-order valence-corrected chi connectivity index (χ0v) is 22.5. The number of rotatable bonds is 10. The summed E-state index contributed by atoms with van der Waals surface area (Å²) in [5, 5.41) is 9.35. The fourth-order valence-electron chi connectivity index (χ4n) is 4.56. The first kappa shape index (κ1) is 30.1. The van der Waals surface area contributed by atoms with Crippen LogP contribution in [0.4, 0.5) is 5.69 Å². The largest absolute Gasteiger partial charge is 0.494 e. The van der Waals surface area contributed by atoms with Crippen LogP contribution >= 0.6 is 12.4 Å². The molecular weight excluding hydrogens is 512 g/mol. The van der Waals surface area contributed by atoms with Gasteiger partial charge in [-0.05, 0) is 43.5 Å². The molecule has 2 heterocycles. The molecule has 3 rings (SSSR count). The Morgan fingerprint density at radius 2 is 1.67 bits per heavy atom. The second-order valence-electron chi connectivity index (χ2n) is 8.84. The SMILES string of the molecule is CCCCOc1ccc(N2CCN(S(=O)(=O)C3(C(=O)NO)CCN(C(=O)COC)CC3)CC2)cc1.Cl. The van der Waals surface area contributed by atoms with Crippen molar-refractivity contribution in [3.8, 4) is 5.75 Å². The number of amides is 2. The molecule has 0 unspecified atom stereocenters. The summed E-state index contributed by atoms with van der Waals surface area (Å²) in [6.45, 7) is 4.19. The zero-order chi connectivity index (χ0) is 25.5. The molecule has 204 valence electrons. The van der Waals surface area contributed by atoms with Crippen molar-refractivity contribution in [3.63, 3.8) is 0 Å². The third-order valence-corrected chi connectivity index (χ3v) is 9.37. The molecule has 2 N–H and O–H groups in total. The fraction of sp³-hybridized carbons (Fsp3) is 0.652. The van der Waals surface area contributed by atoms with Gasteiger partial charge in [0, 0.05) is 52.1 Å². The lowest BCUT2D eigenvalue weighted by Crippen LogP contribution is -2.64. The Morgan fingerprint density at radius 3 is 2.19 bits per heavy atom. The van der Waals surface area contributed by atoms with Gasteiger partial charge in [0.05, 0.1) is 6.61 Å². The number of ether oxygens (including phenoxy) is 2. The van der Waals surface area contributed by atoms with Gasteiger partial charge < -0.3 is 19.3 Å². The number of carbonyl (C=O) groups excluding carboxylic acids is 2. The maximum Gasteiger partial charge on any atom is 0.266 e. The summed E-state index contributed by atoms with van der Waals surface area (Å²) >= 11 is 0. The second-order valence-corrected chi connectivity index (χ2v) is 11.1. The Balaban J connectivity index is 0.00000456. The van der Waals surface area contributed by atoms with Gasteiger partial charge in [0.2, 0.25) is 15.9 Å². The molecule has 2 aliphatic rings. The molecule has 11 nitrogen and oxygen atoms in total. The zero-order valence-electron chi connectivity index (χ0n) is 20.8. The van der Waals surface area contributed by atoms with Gasteiger partial charge in [0.15, 0.2) is 4.75 Å². The number of benzene rings is 1. The molecule has 0 aromatic heterocycles. The number of piperazine rings is 1. The maximum atomic E-state index is 13.7. The summed E-state index contributed by atoms with van der Waals surface area (Å²) in [4.78, 5) is 28.4. The van der Waals surface area contributed by atoms with Gasteiger partial charge in [0.1, 0.15) is 12.4 Å². The summed E-state index contributed by atoms with van der Waals surface area (Å²) in [6, 6.07) is 7.73. The first-order chi connectivity index (χ1) is 16.8. The van der Waals surface area contributed by atoms with Crippen LogP contribution in [-0.2, 0) is 24.3 Å².